The smallest absolute Gasteiger partial charge is 0.0106 e. The summed E-state index contributed by atoms with van der Waals surface area (Å²) < 4.78 is 0. The zero-order valence-corrected chi connectivity index (χ0v) is 9.59. The summed E-state index contributed by atoms with van der Waals surface area (Å²) in [7, 11) is 0. The van der Waals surface area contributed by atoms with Crippen molar-refractivity contribution in [2.45, 2.75) is 20.8 Å². The van der Waals surface area contributed by atoms with Gasteiger partial charge in [-0.1, -0.05) is 42.5 Å². The van der Waals surface area contributed by atoms with E-state index in [2.05, 4.69) is 57.7 Å². The first kappa shape index (κ1) is 9.97. The number of rotatable bonds is 1. The van der Waals surface area contributed by atoms with Gasteiger partial charge in [0.1, 0.15) is 0 Å². The molecule has 0 saturated carbocycles. The number of hydrogen-bond donors (Lipinski definition) is 0. The van der Waals surface area contributed by atoms with Crippen molar-refractivity contribution in [2.75, 3.05) is 0 Å². The van der Waals surface area contributed by atoms with Crippen LogP contribution in [0.5, 0.6) is 0 Å². The predicted octanol–water partition coefficient (Wildman–Crippen LogP) is 4.49. The Kier molecular flexibility index (Phi) is 2.36. The predicted molar refractivity (Wildman–Crippen MR) is 68.1 cm³/mol. The highest BCUT2D eigenvalue weighted by Gasteiger charge is 2.07. The van der Waals surface area contributed by atoms with Crippen LogP contribution in [0.25, 0.3) is 16.3 Å². The SMILES string of the molecule is C=C(C)c1c(C)c(C)cc2ccccc12. The van der Waals surface area contributed by atoms with Crippen LogP contribution in [0.3, 0.4) is 0 Å². The number of allylic oxidation sites excluding steroid dienone is 1. The van der Waals surface area contributed by atoms with E-state index in [0.717, 1.165) is 5.57 Å². The van der Waals surface area contributed by atoms with Crippen LogP contribution in [0.2, 0.25) is 0 Å². The van der Waals surface area contributed by atoms with Crippen molar-refractivity contribution in [1.29, 1.82) is 0 Å². The Hall–Kier alpha value is -1.56. The summed E-state index contributed by atoms with van der Waals surface area (Å²) in [5.74, 6) is 0. The Labute approximate surface area is 91.2 Å². The number of hydrogen-bond acceptors (Lipinski definition) is 0. The van der Waals surface area contributed by atoms with E-state index >= 15 is 0 Å². The second-order valence-corrected chi connectivity index (χ2v) is 4.19. The normalized spacial score (nSPS) is 10.6. The summed E-state index contributed by atoms with van der Waals surface area (Å²) >= 11 is 0. The van der Waals surface area contributed by atoms with E-state index in [1.165, 1.54) is 27.5 Å². The van der Waals surface area contributed by atoms with Gasteiger partial charge in [0.2, 0.25) is 0 Å². The second-order valence-electron chi connectivity index (χ2n) is 4.19. The van der Waals surface area contributed by atoms with Crippen LogP contribution in [0.4, 0.5) is 0 Å². The van der Waals surface area contributed by atoms with Crippen LogP contribution >= 0.6 is 0 Å². The van der Waals surface area contributed by atoms with Gasteiger partial charge in [0.25, 0.3) is 0 Å². The van der Waals surface area contributed by atoms with Crippen molar-refractivity contribution in [1.82, 2.24) is 0 Å². The van der Waals surface area contributed by atoms with Gasteiger partial charge < -0.3 is 0 Å². The van der Waals surface area contributed by atoms with Gasteiger partial charge in [-0.3, -0.25) is 0 Å². The van der Waals surface area contributed by atoms with Crippen molar-refractivity contribution < 1.29 is 0 Å². The van der Waals surface area contributed by atoms with Gasteiger partial charge in [0.05, 0.1) is 0 Å². The third kappa shape index (κ3) is 1.56. The lowest BCUT2D eigenvalue weighted by atomic mass is 9.92. The number of benzene rings is 2. The third-order valence-electron chi connectivity index (χ3n) is 3.00. The molecule has 0 bridgehead atoms. The molecule has 15 heavy (non-hydrogen) atoms. The molecule has 0 fully saturated rings. The van der Waals surface area contributed by atoms with Crippen molar-refractivity contribution in [3.63, 3.8) is 0 Å². The van der Waals surface area contributed by atoms with Gasteiger partial charge >= 0.3 is 0 Å². The molecule has 0 aliphatic heterocycles. The van der Waals surface area contributed by atoms with Gasteiger partial charge in [-0.15, -0.1) is 0 Å². The second kappa shape index (κ2) is 3.54. The molecule has 0 aliphatic carbocycles. The quantitative estimate of drug-likeness (QED) is 0.630. The van der Waals surface area contributed by atoms with E-state index in [1.807, 2.05) is 0 Å². The zero-order valence-electron chi connectivity index (χ0n) is 9.59. The van der Waals surface area contributed by atoms with E-state index in [-0.39, 0.29) is 0 Å². The molecule has 0 amide bonds. The first-order valence-electron chi connectivity index (χ1n) is 5.26. The molecule has 2 rings (SSSR count). The van der Waals surface area contributed by atoms with E-state index in [0.29, 0.717) is 0 Å². The average Bonchev–Trinajstić information content (AvgIpc) is 2.19. The maximum atomic E-state index is 4.08. The molecule has 0 nitrogen and oxygen atoms in total. The standard InChI is InChI=1S/C15H16/c1-10(2)15-12(4)11(3)9-13-7-5-6-8-14(13)15/h5-9H,1H2,2-4H3. The Balaban J connectivity index is 2.95. The van der Waals surface area contributed by atoms with E-state index in [4.69, 9.17) is 0 Å². The molecule has 2 aromatic rings. The summed E-state index contributed by atoms with van der Waals surface area (Å²) in [5, 5.41) is 2.62. The maximum Gasteiger partial charge on any atom is -0.0106 e. The molecule has 0 aliphatic rings. The van der Waals surface area contributed by atoms with Crippen molar-refractivity contribution in [3.05, 3.63) is 53.6 Å². The van der Waals surface area contributed by atoms with E-state index in [9.17, 15) is 0 Å². The molecule has 0 aromatic heterocycles. The highest BCUT2D eigenvalue weighted by Crippen LogP contribution is 2.29. The number of fused-ring (bicyclic) bond motifs is 1. The Bertz CT molecular complexity index is 533. The minimum absolute atomic E-state index is 1.15. The van der Waals surface area contributed by atoms with Crippen molar-refractivity contribution in [2.24, 2.45) is 0 Å². The molecule has 0 N–H and O–H groups in total. The minimum atomic E-state index is 1.15. The van der Waals surface area contributed by atoms with E-state index < -0.39 is 0 Å². The Morgan fingerprint density at radius 1 is 1.13 bits per heavy atom. The third-order valence-corrected chi connectivity index (χ3v) is 3.00. The lowest BCUT2D eigenvalue weighted by molar-refractivity contribution is 1.34. The van der Waals surface area contributed by atoms with Crippen LogP contribution in [0.1, 0.15) is 23.6 Å². The van der Waals surface area contributed by atoms with Gasteiger partial charge in [-0.05, 0) is 48.2 Å². The van der Waals surface area contributed by atoms with Crippen molar-refractivity contribution in [3.8, 4) is 0 Å². The van der Waals surface area contributed by atoms with Crippen LogP contribution < -0.4 is 0 Å². The fourth-order valence-corrected chi connectivity index (χ4v) is 2.14. The van der Waals surface area contributed by atoms with Gasteiger partial charge in [-0.2, -0.15) is 0 Å². The molecule has 76 valence electrons. The summed E-state index contributed by atoms with van der Waals surface area (Å²) in [6.07, 6.45) is 0. The maximum absolute atomic E-state index is 4.08. The fourth-order valence-electron chi connectivity index (χ4n) is 2.14. The molecular formula is C15H16. The first-order chi connectivity index (χ1) is 7.11. The number of aryl methyl sites for hydroxylation is 1. The Morgan fingerprint density at radius 2 is 1.80 bits per heavy atom. The molecule has 0 unspecified atom stereocenters. The topological polar surface area (TPSA) is 0 Å². The van der Waals surface area contributed by atoms with Gasteiger partial charge in [0.15, 0.2) is 0 Å². The van der Waals surface area contributed by atoms with Crippen LogP contribution in [0, 0.1) is 13.8 Å². The molecular weight excluding hydrogens is 180 g/mol. The molecule has 0 heteroatoms. The molecule has 0 radical (unpaired) electrons. The molecule has 0 heterocycles. The van der Waals surface area contributed by atoms with Crippen molar-refractivity contribution >= 4 is 16.3 Å². The van der Waals surface area contributed by atoms with Gasteiger partial charge in [-0.25, -0.2) is 0 Å². The monoisotopic (exact) mass is 196 g/mol. The summed E-state index contributed by atoms with van der Waals surface area (Å²) in [6, 6.07) is 10.7. The van der Waals surface area contributed by atoms with Crippen LogP contribution in [-0.2, 0) is 0 Å². The van der Waals surface area contributed by atoms with Crippen LogP contribution in [-0.4, -0.2) is 0 Å². The summed E-state index contributed by atoms with van der Waals surface area (Å²) in [6.45, 7) is 10.5. The van der Waals surface area contributed by atoms with E-state index in [1.54, 1.807) is 0 Å². The highest BCUT2D eigenvalue weighted by atomic mass is 14.1. The van der Waals surface area contributed by atoms with Gasteiger partial charge in [0, 0.05) is 0 Å². The largest absolute Gasteiger partial charge is 0.0955 e. The highest BCUT2D eigenvalue weighted by molar-refractivity contribution is 5.95. The zero-order chi connectivity index (χ0) is 11.0. The average molecular weight is 196 g/mol. The molecule has 0 saturated heterocycles. The summed E-state index contributed by atoms with van der Waals surface area (Å²) in [5.41, 5.74) is 5.14. The first-order valence-corrected chi connectivity index (χ1v) is 5.26. The minimum Gasteiger partial charge on any atom is -0.0955 e. The molecule has 0 spiro atoms. The van der Waals surface area contributed by atoms with Crippen LogP contribution in [0.15, 0.2) is 36.9 Å². The lowest BCUT2D eigenvalue weighted by Gasteiger charge is -2.12. The molecule has 2 aromatic carbocycles. The summed E-state index contributed by atoms with van der Waals surface area (Å²) in [4.78, 5) is 0. The Morgan fingerprint density at radius 3 is 2.47 bits per heavy atom. The molecule has 0 atom stereocenters. The lowest BCUT2D eigenvalue weighted by Crippen LogP contribution is -1.91. The fraction of sp³-hybridized carbons (Fsp3) is 0.200.